The lowest BCUT2D eigenvalue weighted by atomic mass is 9.80. The monoisotopic (exact) mass is 318 g/mol. The van der Waals surface area contributed by atoms with Crippen LogP contribution in [0, 0.1) is 5.41 Å². The highest BCUT2D eigenvalue weighted by Crippen LogP contribution is 2.30. The second-order valence-electron chi connectivity index (χ2n) is 7.88. The second kappa shape index (κ2) is 7.35. The van der Waals surface area contributed by atoms with Gasteiger partial charge in [0.1, 0.15) is 5.60 Å². The van der Waals surface area contributed by atoms with E-state index in [1.54, 1.807) is 0 Å². The standard InChI is InChI=1S/C19H30N2O2/c1-18(2,3)23-17(22)21(14-16-8-6-5-7-9-16)15-19(4)10-12-20-13-11-19/h5-9,20H,10-15H2,1-4H3. The number of carbonyl (C=O) groups is 1. The Morgan fingerprint density at radius 2 is 1.83 bits per heavy atom. The van der Waals surface area contributed by atoms with Gasteiger partial charge in [0.05, 0.1) is 0 Å². The molecule has 1 amide bonds. The third kappa shape index (κ3) is 5.87. The van der Waals surface area contributed by atoms with Crippen LogP contribution in [-0.2, 0) is 11.3 Å². The van der Waals surface area contributed by atoms with Gasteiger partial charge in [0.25, 0.3) is 0 Å². The molecular formula is C19H30N2O2. The van der Waals surface area contributed by atoms with Gasteiger partial charge in [-0.05, 0) is 57.7 Å². The quantitative estimate of drug-likeness (QED) is 0.918. The molecule has 0 aromatic heterocycles. The van der Waals surface area contributed by atoms with E-state index >= 15 is 0 Å². The van der Waals surface area contributed by atoms with E-state index in [2.05, 4.69) is 24.4 Å². The van der Waals surface area contributed by atoms with Gasteiger partial charge < -0.3 is 15.0 Å². The number of nitrogens with zero attached hydrogens (tertiary/aromatic N) is 1. The third-order valence-corrected chi connectivity index (χ3v) is 4.25. The van der Waals surface area contributed by atoms with E-state index in [4.69, 9.17) is 4.74 Å². The minimum absolute atomic E-state index is 0.150. The maximum absolute atomic E-state index is 12.7. The van der Waals surface area contributed by atoms with E-state index in [1.165, 1.54) is 0 Å². The molecule has 1 aliphatic heterocycles. The molecule has 4 nitrogen and oxygen atoms in total. The summed E-state index contributed by atoms with van der Waals surface area (Å²) in [5.41, 5.74) is 0.814. The first-order valence-corrected chi connectivity index (χ1v) is 8.50. The highest BCUT2D eigenvalue weighted by atomic mass is 16.6. The molecule has 1 fully saturated rings. The van der Waals surface area contributed by atoms with Gasteiger partial charge in [-0.15, -0.1) is 0 Å². The Morgan fingerprint density at radius 3 is 2.39 bits per heavy atom. The van der Waals surface area contributed by atoms with Crippen LogP contribution in [0.15, 0.2) is 30.3 Å². The van der Waals surface area contributed by atoms with Crippen LogP contribution >= 0.6 is 0 Å². The molecule has 0 saturated carbocycles. The molecule has 0 aliphatic carbocycles. The fourth-order valence-electron chi connectivity index (χ4n) is 2.96. The number of piperidine rings is 1. The van der Waals surface area contributed by atoms with Crippen molar-refractivity contribution in [3.05, 3.63) is 35.9 Å². The molecule has 1 aromatic carbocycles. The van der Waals surface area contributed by atoms with Gasteiger partial charge in [-0.25, -0.2) is 4.79 Å². The Morgan fingerprint density at radius 1 is 1.22 bits per heavy atom. The van der Waals surface area contributed by atoms with Crippen LogP contribution in [0.4, 0.5) is 4.79 Å². The Bertz CT molecular complexity index is 502. The van der Waals surface area contributed by atoms with Crippen LogP contribution in [0.25, 0.3) is 0 Å². The van der Waals surface area contributed by atoms with Crippen LogP contribution in [0.3, 0.4) is 0 Å². The van der Waals surface area contributed by atoms with Crippen molar-refractivity contribution in [2.45, 2.75) is 52.7 Å². The number of hydrogen-bond acceptors (Lipinski definition) is 3. The maximum Gasteiger partial charge on any atom is 0.410 e. The fraction of sp³-hybridized carbons (Fsp3) is 0.632. The lowest BCUT2D eigenvalue weighted by Crippen LogP contribution is -2.46. The van der Waals surface area contributed by atoms with Gasteiger partial charge in [0.2, 0.25) is 0 Å². The van der Waals surface area contributed by atoms with Crippen molar-refractivity contribution in [2.24, 2.45) is 5.41 Å². The molecule has 0 bridgehead atoms. The van der Waals surface area contributed by atoms with Crippen LogP contribution in [0.2, 0.25) is 0 Å². The molecule has 1 aromatic rings. The average molecular weight is 318 g/mol. The van der Waals surface area contributed by atoms with Gasteiger partial charge in [-0.3, -0.25) is 0 Å². The largest absolute Gasteiger partial charge is 0.444 e. The summed E-state index contributed by atoms with van der Waals surface area (Å²) in [7, 11) is 0. The number of hydrogen-bond donors (Lipinski definition) is 1. The molecular weight excluding hydrogens is 288 g/mol. The fourth-order valence-corrected chi connectivity index (χ4v) is 2.96. The number of amides is 1. The zero-order valence-electron chi connectivity index (χ0n) is 14.9. The third-order valence-electron chi connectivity index (χ3n) is 4.25. The first kappa shape index (κ1) is 17.8. The SMILES string of the molecule is CC1(CN(Cc2ccccc2)C(=O)OC(C)(C)C)CCNCC1. The predicted octanol–water partition coefficient (Wildman–Crippen LogP) is 3.81. The van der Waals surface area contributed by atoms with Crippen molar-refractivity contribution in [2.75, 3.05) is 19.6 Å². The van der Waals surface area contributed by atoms with Gasteiger partial charge in [-0.1, -0.05) is 37.3 Å². The molecule has 0 radical (unpaired) electrons. The summed E-state index contributed by atoms with van der Waals surface area (Å²) in [6, 6.07) is 10.1. The first-order valence-electron chi connectivity index (χ1n) is 8.50. The molecule has 1 N–H and O–H groups in total. The summed E-state index contributed by atoms with van der Waals surface area (Å²) in [6.07, 6.45) is 1.95. The van der Waals surface area contributed by atoms with Crippen LogP contribution < -0.4 is 5.32 Å². The Hall–Kier alpha value is -1.55. The number of carbonyl (C=O) groups excluding carboxylic acids is 1. The van der Waals surface area contributed by atoms with Crippen LogP contribution in [-0.4, -0.2) is 36.2 Å². The van der Waals surface area contributed by atoms with Crippen molar-refractivity contribution in [3.63, 3.8) is 0 Å². The van der Waals surface area contributed by atoms with Crippen molar-refractivity contribution in [1.29, 1.82) is 0 Å². The molecule has 1 heterocycles. The Labute approximate surface area is 140 Å². The summed E-state index contributed by atoms with van der Waals surface area (Å²) in [4.78, 5) is 14.5. The van der Waals surface area contributed by atoms with Gasteiger partial charge >= 0.3 is 6.09 Å². The molecule has 0 atom stereocenters. The smallest absolute Gasteiger partial charge is 0.410 e. The predicted molar refractivity (Wildman–Crippen MR) is 93.3 cm³/mol. The minimum atomic E-state index is -0.471. The van der Waals surface area contributed by atoms with E-state index in [-0.39, 0.29) is 11.5 Å². The van der Waals surface area contributed by atoms with E-state index in [0.29, 0.717) is 6.54 Å². The van der Waals surface area contributed by atoms with Crippen molar-refractivity contribution < 1.29 is 9.53 Å². The number of benzene rings is 1. The Balaban J connectivity index is 2.11. The molecule has 1 saturated heterocycles. The summed E-state index contributed by atoms with van der Waals surface area (Å²) in [5.74, 6) is 0. The van der Waals surface area contributed by atoms with Crippen molar-refractivity contribution in [3.8, 4) is 0 Å². The Kier molecular flexibility index (Phi) is 5.69. The summed E-state index contributed by atoms with van der Waals surface area (Å²) >= 11 is 0. The molecule has 0 spiro atoms. The normalized spacial score (nSPS) is 17.6. The summed E-state index contributed by atoms with van der Waals surface area (Å²) in [6.45, 7) is 11.4. The zero-order chi connectivity index (χ0) is 16.9. The lowest BCUT2D eigenvalue weighted by Gasteiger charge is -2.39. The van der Waals surface area contributed by atoms with E-state index in [9.17, 15) is 4.79 Å². The lowest BCUT2D eigenvalue weighted by molar-refractivity contribution is 0.0118. The van der Waals surface area contributed by atoms with Crippen LogP contribution in [0.1, 0.15) is 46.1 Å². The number of ether oxygens (including phenoxy) is 1. The molecule has 128 valence electrons. The molecule has 23 heavy (non-hydrogen) atoms. The minimum Gasteiger partial charge on any atom is -0.444 e. The van der Waals surface area contributed by atoms with Crippen molar-refractivity contribution in [1.82, 2.24) is 10.2 Å². The zero-order valence-corrected chi connectivity index (χ0v) is 14.9. The molecule has 4 heteroatoms. The topological polar surface area (TPSA) is 41.6 Å². The second-order valence-corrected chi connectivity index (χ2v) is 7.88. The average Bonchev–Trinajstić information content (AvgIpc) is 2.46. The molecule has 2 rings (SSSR count). The van der Waals surface area contributed by atoms with E-state index < -0.39 is 5.60 Å². The highest BCUT2D eigenvalue weighted by Gasteiger charge is 2.32. The van der Waals surface area contributed by atoms with Gasteiger partial charge in [0, 0.05) is 13.1 Å². The van der Waals surface area contributed by atoms with Crippen LogP contribution in [0.5, 0.6) is 0 Å². The van der Waals surface area contributed by atoms with E-state index in [1.807, 2.05) is 43.9 Å². The van der Waals surface area contributed by atoms with Gasteiger partial charge in [0.15, 0.2) is 0 Å². The van der Waals surface area contributed by atoms with Crippen molar-refractivity contribution >= 4 is 6.09 Å². The highest BCUT2D eigenvalue weighted by molar-refractivity contribution is 5.68. The number of rotatable bonds is 4. The molecule has 1 aliphatic rings. The summed E-state index contributed by atoms with van der Waals surface area (Å²) in [5, 5.41) is 3.40. The maximum atomic E-state index is 12.7. The summed E-state index contributed by atoms with van der Waals surface area (Å²) < 4.78 is 5.63. The number of nitrogens with one attached hydrogen (secondary N) is 1. The molecule has 0 unspecified atom stereocenters. The van der Waals surface area contributed by atoms with Gasteiger partial charge in [-0.2, -0.15) is 0 Å². The van der Waals surface area contributed by atoms with E-state index in [0.717, 1.165) is 38.0 Å². The first-order chi connectivity index (χ1) is 10.8.